The first-order chi connectivity index (χ1) is 9.35. The second kappa shape index (κ2) is 5.78. The van der Waals surface area contributed by atoms with Gasteiger partial charge in [0.05, 0.1) is 11.5 Å². The topological polar surface area (TPSA) is 70.4 Å². The van der Waals surface area contributed by atoms with Gasteiger partial charge in [-0.3, -0.25) is 4.79 Å². The van der Waals surface area contributed by atoms with E-state index in [-0.39, 0.29) is 30.0 Å². The maximum Gasteiger partial charge on any atom is 0.286 e. The number of anilines is 1. The average molecular weight is 298 g/mol. The summed E-state index contributed by atoms with van der Waals surface area (Å²) in [6.07, 6.45) is 4.18. The van der Waals surface area contributed by atoms with E-state index in [0.29, 0.717) is 6.42 Å². The number of rotatable bonds is 4. The van der Waals surface area contributed by atoms with E-state index in [1.807, 2.05) is 43.5 Å². The molecule has 1 N–H and O–H groups in total. The third-order valence-corrected chi connectivity index (χ3v) is 5.08. The lowest BCUT2D eigenvalue weighted by atomic mass is 10.2. The van der Waals surface area contributed by atoms with E-state index in [0.717, 1.165) is 5.69 Å². The zero-order valence-corrected chi connectivity index (χ0v) is 12.6. The molecule has 2 rings (SSSR count). The first kappa shape index (κ1) is 14.8. The molecule has 1 aromatic heterocycles. The Bertz CT molecular complexity index is 581. The Morgan fingerprint density at radius 1 is 1.40 bits per heavy atom. The molecule has 0 aliphatic carbocycles. The number of carbonyl (C=O) groups is 1. The summed E-state index contributed by atoms with van der Waals surface area (Å²) in [6, 6.07) is 3.61. The summed E-state index contributed by atoms with van der Waals surface area (Å²) in [4.78, 5) is 13.8. The Hall–Kier alpha value is -1.63. The third-order valence-electron chi connectivity index (χ3n) is 3.31. The number of sulfone groups is 1. The van der Waals surface area contributed by atoms with E-state index in [9.17, 15) is 13.2 Å². The zero-order chi connectivity index (χ0) is 14.8. The van der Waals surface area contributed by atoms with Crippen molar-refractivity contribution in [2.45, 2.75) is 19.0 Å². The highest BCUT2D eigenvalue weighted by molar-refractivity contribution is 7.91. The zero-order valence-electron chi connectivity index (χ0n) is 11.7. The fourth-order valence-electron chi connectivity index (χ4n) is 2.20. The molecule has 1 aliphatic rings. The molecule has 1 atom stereocenters. The SMILES string of the molecule is CN(C)c1cc[n+](CC(=O)N[C@H]2CCS(=O)(=O)C2)cc1. The summed E-state index contributed by atoms with van der Waals surface area (Å²) in [7, 11) is 0.946. The maximum absolute atomic E-state index is 11.9. The van der Waals surface area contributed by atoms with Crippen LogP contribution in [0.25, 0.3) is 0 Å². The van der Waals surface area contributed by atoms with Gasteiger partial charge in [-0.2, -0.15) is 4.57 Å². The standard InChI is InChI=1S/C13H19N3O3S/c1-15(2)12-3-6-16(7-4-12)9-13(17)14-11-5-8-20(18,19)10-11/h3-4,6-7,11H,5,8-10H2,1-2H3/p+1/t11-/m0/s1. The summed E-state index contributed by atoms with van der Waals surface area (Å²) in [5.74, 6) is 0.0701. The third kappa shape index (κ3) is 3.93. The predicted octanol–water partition coefficient (Wildman–Crippen LogP) is -0.657. The van der Waals surface area contributed by atoms with Crippen LogP contribution >= 0.6 is 0 Å². The number of hydrogen-bond acceptors (Lipinski definition) is 4. The van der Waals surface area contributed by atoms with Crippen LogP contribution < -0.4 is 14.8 Å². The molecule has 0 saturated carbocycles. The van der Waals surface area contributed by atoms with Gasteiger partial charge in [0.2, 0.25) is 6.54 Å². The number of nitrogens with zero attached hydrogens (tertiary/aromatic N) is 2. The highest BCUT2D eigenvalue weighted by Crippen LogP contribution is 2.11. The Morgan fingerprint density at radius 2 is 2.05 bits per heavy atom. The lowest BCUT2D eigenvalue weighted by Gasteiger charge is -2.11. The van der Waals surface area contributed by atoms with Gasteiger partial charge in [0.25, 0.3) is 5.91 Å². The maximum atomic E-state index is 11.9. The van der Waals surface area contributed by atoms with Gasteiger partial charge < -0.3 is 10.2 Å². The van der Waals surface area contributed by atoms with Gasteiger partial charge >= 0.3 is 0 Å². The smallest absolute Gasteiger partial charge is 0.286 e. The second-order valence-electron chi connectivity index (χ2n) is 5.29. The van der Waals surface area contributed by atoms with Crippen molar-refractivity contribution in [3.8, 4) is 0 Å². The number of carbonyl (C=O) groups excluding carboxylic acids is 1. The minimum Gasteiger partial charge on any atom is -0.377 e. The molecule has 0 spiro atoms. The highest BCUT2D eigenvalue weighted by atomic mass is 32.2. The molecule has 6 nitrogen and oxygen atoms in total. The van der Waals surface area contributed by atoms with Gasteiger partial charge in [-0.05, 0) is 6.42 Å². The van der Waals surface area contributed by atoms with Crippen molar-refractivity contribution in [2.24, 2.45) is 0 Å². The van der Waals surface area contributed by atoms with Crippen LogP contribution in [0.4, 0.5) is 5.69 Å². The van der Waals surface area contributed by atoms with Crippen molar-refractivity contribution in [3.63, 3.8) is 0 Å². The Labute approximate surface area is 119 Å². The second-order valence-corrected chi connectivity index (χ2v) is 7.52. The normalized spacial score (nSPS) is 20.6. The van der Waals surface area contributed by atoms with E-state index in [2.05, 4.69) is 5.32 Å². The Balaban J connectivity index is 1.88. The Morgan fingerprint density at radius 3 is 2.55 bits per heavy atom. The fraction of sp³-hybridized carbons (Fsp3) is 0.538. The van der Waals surface area contributed by atoms with Crippen LogP contribution in [-0.4, -0.2) is 46.0 Å². The van der Waals surface area contributed by atoms with Crippen molar-refractivity contribution < 1.29 is 17.8 Å². The molecule has 1 amide bonds. The minimum atomic E-state index is -2.96. The molecule has 2 heterocycles. The van der Waals surface area contributed by atoms with Crippen molar-refractivity contribution in [1.29, 1.82) is 0 Å². The molecule has 1 fully saturated rings. The van der Waals surface area contributed by atoms with Crippen LogP contribution in [0, 0.1) is 0 Å². The highest BCUT2D eigenvalue weighted by Gasteiger charge is 2.29. The van der Waals surface area contributed by atoms with E-state index in [1.165, 1.54) is 0 Å². The lowest BCUT2D eigenvalue weighted by Crippen LogP contribution is -2.46. The predicted molar refractivity (Wildman–Crippen MR) is 76.2 cm³/mol. The van der Waals surface area contributed by atoms with Gasteiger partial charge in [-0.1, -0.05) is 0 Å². The Kier molecular flexibility index (Phi) is 4.27. The van der Waals surface area contributed by atoms with Gasteiger partial charge in [0.15, 0.2) is 22.2 Å². The molecule has 20 heavy (non-hydrogen) atoms. The molecular formula is C13H20N3O3S+. The van der Waals surface area contributed by atoms with Crippen molar-refractivity contribution in [2.75, 3.05) is 30.5 Å². The largest absolute Gasteiger partial charge is 0.377 e. The molecule has 0 bridgehead atoms. The summed E-state index contributed by atoms with van der Waals surface area (Å²) in [6.45, 7) is 0.199. The van der Waals surface area contributed by atoms with Crippen molar-refractivity contribution >= 4 is 21.4 Å². The van der Waals surface area contributed by atoms with Crippen LogP contribution in [-0.2, 0) is 21.2 Å². The molecule has 1 aliphatic heterocycles. The van der Waals surface area contributed by atoms with Crippen molar-refractivity contribution in [1.82, 2.24) is 5.32 Å². The van der Waals surface area contributed by atoms with E-state index in [4.69, 9.17) is 0 Å². The van der Waals surface area contributed by atoms with Crippen LogP contribution in [0.2, 0.25) is 0 Å². The van der Waals surface area contributed by atoms with Gasteiger partial charge in [0, 0.05) is 38.0 Å². The molecule has 7 heteroatoms. The molecular weight excluding hydrogens is 278 g/mol. The molecule has 0 aromatic carbocycles. The fourth-order valence-corrected chi connectivity index (χ4v) is 3.87. The first-order valence-corrected chi connectivity index (χ1v) is 8.34. The van der Waals surface area contributed by atoms with Gasteiger partial charge in [-0.15, -0.1) is 0 Å². The lowest BCUT2D eigenvalue weighted by molar-refractivity contribution is -0.684. The number of nitrogens with one attached hydrogen (secondary N) is 1. The van der Waals surface area contributed by atoms with E-state index in [1.54, 1.807) is 4.57 Å². The number of amides is 1. The summed E-state index contributed by atoms with van der Waals surface area (Å²) in [5, 5.41) is 2.77. The number of hydrogen-bond donors (Lipinski definition) is 1. The summed E-state index contributed by atoms with van der Waals surface area (Å²) >= 11 is 0. The summed E-state index contributed by atoms with van der Waals surface area (Å²) < 4.78 is 24.4. The van der Waals surface area contributed by atoms with Gasteiger partial charge in [-0.25, -0.2) is 8.42 Å². The average Bonchev–Trinajstić information content (AvgIpc) is 2.69. The van der Waals surface area contributed by atoms with Crippen LogP contribution in [0.15, 0.2) is 24.5 Å². The first-order valence-electron chi connectivity index (χ1n) is 6.52. The molecule has 0 radical (unpaired) electrons. The minimum absolute atomic E-state index is 0.0585. The number of pyridine rings is 1. The summed E-state index contributed by atoms with van der Waals surface area (Å²) in [5.41, 5.74) is 1.06. The van der Waals surface area contributed by atoms with Gasteiger partial charge in [0.1, 0.15) is 0 Å². The van der Waals surface area contributed by atoms with E-state index >= 15 is 0 Å². The van der Waals surface area contributed by atoms with Crippen molar-refractivity contribution in [3.05, 3.63) is 24.5 Å². The number of aromatic nitrogens is 1. The van der Waals surface area contributed by atoms with E-state index < -0.39 is 9.84 Å². The molecule has 0 unspecified atom stereocenters. The monoisotopic (exact) mass is 298 g/mol. The quantitative estimate of drug-likeness (QED) is 0.750. The molecule has 110 valence electrons. The van der Waals surface area contributed by atoms with Crippen LogP contribution in [0.5, 0.6) is 0 Å². The van der Waals surface area contributed by atoms with Crippen LogP contribution in [0.3, 0.4) is 0 Å². The van der Waals surface area contributed by atoms with Crippen LogP contribution in [0.1, 0.15) is 6.42 Å². The molecule has 1 saturated heterocycles. The molecule has 1 aromatic rings.